The second-order valence-corrected chi connectivity index (χ2v) is 9.35. The molecule has 29 heavy (non-hydrogen) atoms. The Bertz CT molecular complexity index is 402. The minimum absolute atomic E-state index is 0.223. The second-order valence-electron chi connectivity index (χ2n) is 9.35. The summed E-state index contributed by atoms with van der Waals surface area (Å²) in [5, 5.41) is 0. The summed E-state index contributed by atoms with van der Waals surface area (Å²) in [6.07, 6.45) is 19.0. The zero-order chi connectivity index (χ0) is 21.5. The quantitative estimate of drug-likeness (QED) is 0.387. The molecule has 2 amide bonds. The number of primary amides is 2. The monoisotopic (exact) mass is 410 g/mol. The zero-order valence-electron chi connectivity index (χ0n) is 18.5. The summed E-state index contributed by atoms with van der Waals surface area (Å²) in [4.78, 5) is 20.8. The Morgan fingerprint density at radius 2 is 0.862 bits per heavy atom. The van der Waals surface area contributed by atoms with Gasteiger partial charge in [0.05, 0.1) is 0 Å². The predicted octanol–water partition coefficient (Wildman–Crippen LogP) is 3.49. The number of nitrogens with two attached hydrogens (primary N) is 4. The lowest BCUT2D eigenvalue weighted by Gasteiger charge is -2.32. The lowest BCUT2D eigenvalue weighted by Crippen LogP contribution is -2.30. The standard InChI is InChI=1S/C13H26N2.C10H20N2O2/c14-12-5-1-10(2-6-12)9-11-3-7-13(15)8-4-11;11-9(13)7-5-3-1-2-4-6-8-10(12)14/h10-13H,1-9,14-15H2;1-8H2,(H2,11,13)(H2,12,14). The molecule has 0 radical (unpaired) electrons. The number of unbranched alkanes of at least 4 members (excludes halogenated alkanes) is 5. The minimum Gasteiger partial charge on any atom is -0.370 e. The van der Waals surface area contributed by atoms with Gasteiger partial charge in [-0.1, -0.05) is 25.7 Å². The molecule has 2 fully saturated rings. The maximum atomic E-state index is 10.4. The summed E-state index contributed by atoms with van der Waals surface area (Å²) in [5.41, 5.74) is 21.9. The molecule has 0 spiro atoms. The highest BCUT2D eigenvalue weighted by Crippen LogP contribution is 2.34. The van der Waals surface area contributed by atoms with Gasteiger partial charge >= 0.3 is 0 Å². The molecule has 2 rings (SSSR count). The van der Waals surface area contributed by atoms with Crippen molar-refractivity contribution in [2.45, 2.75) is 121 Å². The van der Waals surface area contributed by atoms with Crippen LogP contribution in [0, 0.1) is 11.8 Å². The molecule has 0 saturated heterocycles. The van der Waals surface area contributed by atoms with E-state index in [-0.39, 0.29) is 11.8 Å². The highest BCUT2D eigenvalue weighted by atomic mass is 16.1. The molecule has 6 nitrogen and oxygen atoms in total. The Morgan fingerprint density at radius 3 is 1.17 bits per heavy atom. The van der Waals surface area contributed by atoms with Crippen LogP contribution in [-0.2, 0) is 9.59 Å². The Hall–Kier alpha value is -1.14. The van der Waals surface area contributed by atoms with Crippen LogP contribution in [0.25, 0.3) is 0 Å². The summed E-state index contributed by atoms with van der Waals surface area (Å²) in [7, 11) is 0. The summed E-state index contributed by atoms with van der Waals surface area (Å²) in [6, 6.07) is 1.00. The second kappa shape index (κ2) is 15.7. The van der Waals surface area contributed by atoms with Crippen molar-refractivity contribution in [3.05, 3.63) is 0 Å². The van der Waals surface area contributed by atoms with Gasteiger partial charge in [-0.3, -0.25) is 9.59 Å². The van der Waals surface area contributed by atoms with Crippen molar-refractivity contribution in [1.29, 1.82) is 0 Å². The molecule has 2 aliphatic carbocycles. The first-order valence-electron chi connectivity index (χ1n) is 11.9. The van der Waals surface area contributed by atoms with Gasteiger partial charge in [-0.2, -0.15) is 0 Å². The molecule has 0 aliphatic heterocycles. The Labute approximate surface area is 177 Å². The van der Waals surface area contributed by atoms with E-state index in [1.807, 2.05) is 0 Å². The van der Waals surface area contributed by atoms with Gasteiger partial charge in [-0.25, -0.2) is 0 Å². The van der Waals surface area contributed by atoms with Gasteiger partial charge in [-0.15, -0.1) is 0 Å². The number of hydrogen-bond donors (Lipinski definition) is 4. The molecule has 0 aromatic carbocycles. The molecule has 0 aromatic rings. The van der Waals surface area contributed by atoms with E-state index in [2.05, 4.69) is 0 Å². The van der Waals surface area contributed by atoms with Gasteiger partial charge in [0.1, 0.15) is 0 Å². The first kappa shape index (κ1) is 25.9. The van der Waals surface area contributed by atoms with Crippen molar-refractivity contribution in [3.8, 4) is 0 Å². The molecule has 0 atom stereocenters. The van der Waals surface area contributed by atoms with Crippen LogP contribution < -0.4 is 22.9 Å². The van der Waals surface area contributed by atoms with Crippen molar-refractivity contribution in [3.63, 3.8) is 0 Å². The van der Waals surface area contributed by atoms with Crippen LogP contribution >= 0.6 is 0 Å². The molecule has 0 heterocycles. The van der Waals surface area contributed by atoms with E-state index in [0.717, 1.165) is 50.4 Å². The summed E-state index contributed by atoms with van der Waals surface area (Å²) >= 11 is 0. The lowest BCUT2D eigenvalue weighted by molar-refractivity contribution is -0.119. The van der Waals surface area contributed by atoms with E-state index in [9.17, 15) is 9.59 Å². The van der Waals surface area contributed by atoms with E-state index < -0.39 is 0 Å². The molecule has 2 saturated carbocycles. The Kier molecular flexibility index (Phi) is 14.0. The first-order chi connectivity index (χ1) is 13.9. The van der Waals surface area contributed by atoms with E-state index in [1.165, 1.54) is 57.8 Å². The van der Waals surface area contributed by atoms with Crippen LogP contribution in [0.1, 0.15) is 109 Å². The van der Waals surface area contributed by atoms with Gasteiger partial charge in [-0.05, 0) is 82.5 Å². The maximum absolute atomic E-state index is 10.4. The van der Waals surface area contributed by atoms with E-state index in [4.69, 9.17) is 22.9 Å². The number of carbonyl (C=O) groups excluding carboxylic acids is 2. The number of rotatable bonds is 11. The third-order valence-electron chi connectivity index (χ3n) is 6.55. The zero-order valence-corrected chi connectivity index (χ0v) is 18.5. The van der Waals surface area contributed by atoms with Crippen molar-refractivity contribution in [1.82, 2.24) is 0 Å². The highest BCUT2D eigenvalue weighted by Gasteiger charge is 2.24. The van der Waals surface area contributed by atoms with Gasteiger partial charge in [0.2, 0.25) is 11.8 Å². The number of carbonyl (C=O) groups is 2. The Morgan fingerprint density at radius 1 is 0.552 bits per heavy atom. The molecule has 2 aliphatic rings. The van der Waals surface area contributed by atoms with Gasteiger partial charge < -0.3 is 22.9 Å². The first-order valence-corrected chi connectivity index (χ1v) is 11.9. The molecule has 170 valence electrons. The fourth-order valence-corrected chi connectivity index (χ4v) is 4.62. The van der Waals surface area contributed by atoms with E-state index in [1.54, 1.807) is 0 Å². The van der Waals surface area contributed by atoms with Crippen molar-refractivity contribution < 1.29 is 9.59 Å². The molecule has 0 unspecified atom stereocenters. The smallest absolute Gasteiger partial charge is 0.217 e. The fraction of sp³-hybridized carbons (Fsp3) is 0.913. The summed E-state index contributed by atoms with van der Waals surface area (Å²) in [5.74, 6) is 1.51. The minimum atomic E-state index is -0.223. The molecule has 8 N–H and O–H groups in total. The SMILES string of the molecule is NC(=O)CCCCCCCCC(N)=O.NC1CCC(CC2CCC(N)CC2)CC1. The largest absolute Gasteiger partial charge is 0.370 e. The van der Waals surface area contributed by atoms with Crippen LogP contribution in [0.15, 0.2) is 0 Å². The Balaban J connectivity index is 0.000000291. The van der Waals surface area contributed by atoms with Crippen molar-refractivity contribution >= 4 is 11.8 Å². The third-order valence-corrected chi connectivity index (χ3v) is 6.55. The van der Waals surface area contributed by atoms with Gasteiger partial charge in [0.25, 0.3) is 0 Å². The summed E-state index contributed by atoms with van der Waals surface area (Å²) < 4.78 is 0. The number of amides is 2. The lowest BCUT2D eigenvalue weighted by atomic mass is 9.76. The van der Waals surface area contributed by atoms with Gasteiger partial charge in [0.15, 0.2) is 0 Å². The van der Waals surface area contributed by atoms with Crippen LogP contribution in [0.3, 0.4) is 0 Å². The summed E-state index contributed by atoms with van der Waals surface area (Å²) in [6.45, 7) is 0. The van der Waals surface area contributed by atoms with Crippen LogP contribution in [0.5, 0.6) is 0 Å². The average molecular weight is 411 g/mol. The van der Waals surface area contributed by atoms with Crippen molar-refractivity contribution in [2.24, 2.45) is 34.8 Å². The van der Waals surface area contributed by atoms with Crippen LogP contribution in [-0.4, -0.2) is 23.9 Å². The highest BCUT2D eigenvalue weighted by molar-refractivity contribution is 5.73. The van der Waals surface area contributed by atoms with Crippen molar-refractivity contribution in [2.75, 3.05) is 0 Å². The molecular weight excluding hydrogens is 364 g/mol. The molecule has 6 heteroatoms. The van der Waals surface area contributed by atoms with E-state index in [0.29, 0.717) is 24.9 Å². The average Bonchev–Trinajstić information content (AvgIpc) is 2.67. The molecular formula is C23H46N4O2. The molecule has 0 bridgehead atoms. The topological polar surface area (TPSA) is 138 Å². The van der Waals surface area contributed by atoms with Crippen LogP contribution in [0.2, 0.25) is 0 Å². The van der Waals surface area contributed by atoms with Gasteiger partial charge in [0, 0.05) is 24.9 Å². The van der Waals surface area contributed by atoms with Crippen LogP contribution in [0.4, 0.5) is 0 Å². The normalized spacial score (nSPS) is 27.0. The van der Waals surface area contributed by atoms with E-state index >= 15 is 0 Å². The maximum Gasteiger partial charge on any atom is 0.217 e. The fourth-order valence-electron chi connectivity index (χ4n) is 4.62. The third kappa shape index (κ3) is 14.5. The number of hydrogen-bond acceptors (Lipinski definition) is 4. The predicted molar refractivity (Wildman–Crippen MR) is 120 cm³/mol. The molecule has 0 aromatic heterocycles.